The molecule has 1 unspecified atom stereocenters. The summed E-state index contributed by atoms with van der Waals surface area (Å²) in [5.74, 6) is 0.983. The van der Waals surface area contributed by atoms with Crippen molar-refractivity contribution < 1.29 is 0 Å². The van der Waals surface area contributed by atoms with E-state index in [4.69, 9.17) is 17.3 Å². The van der Waals surface area contributed by atoms with Crippen LogP contribution < -0.4 is 5.73 Å². The quantitative estimate of drug-likeness (QED) is 0.679. The number of hydrogen-bond donors (Lipinski definition) is 1. The highest BCUT2D eigenvalue weighted by Gasteiger charge is 2.26. The topological polar surface area (TPSA) is 72.3 Å². The summed E-state index contributed by atoms with van der Waals surface area (Å²) >= 11 is 6.57. The fourth-order valence-corrected chi connectivity index (χ4v) is 2.55. The lowest BCUT2D eigenvalue weighted by Crippen LogP contribution is -2.40. The van der Waals surface area contributed by atoms with Crippen LogP contribution in [0.15, 0.2) is 47.7 Å². The number of nitrogens with zero attached hydrogens (tertiary/aromatic N) is 5. The lowest BCUT2D eigenvalue weighted by molar-refractivity contribution is 0.370. The van der Waals surface area contributed by atoms with Gasteiger partial charge >= 0.3 is 0 Å². The van der Waals surface area contributed by atoms with Gasteiger partial charge in [-0.1, -0.05) is 17.7 Å². The van der Waals surface area contributed by atoms with Crippen molar-refractivity contribution in [1.82, 2.24) is 19.7 Å². The Balaban J connectivity index is 1.88. The van der Waals surface area contributed by atoms with E-state index in [1.54, 1.807) is 23.3 Å². The van der Waals surface area contributed by atoms with E-state index in [-0.39, 0.29) is 0 Å². The molecule has 1 aliphatic heterocycles. The Labute approximate surface area is 133 Å². The highest BCUT2D eigenvalue weighted by molar-refractivity contribution is 6.31. The van der Waals surface area contributed by atoms with Crippen molar-refractivity contribution in [2.75, 3.05) is 0 Å². The number of pyridine rings is 1. The van der Waals surface area contributed by atoms with Crippen LogP contribution in [0, 0.1) is 13.8 Å². The molecule has 0 fully saturated rings. The number of rotatable bonds is 2. The fourth-order valence-electron chi connectivity index (χ4n) is 2.28. The van der Waals surface area contributed by atoms with Gasteiger partial charge in [-0.15, -0.1) is 0 Å². The summed E-state index contributed by atoms with van der Waals surface area (Å²) in [6.07, 6.45) is 7.14. The number of hydrogen-bond acceptors (Lipinski definition) is 5. The molecule has 2 N–H and O–H groups in total. The zero-order chi connectivity index (χ0) is 15.7. The van der Waals surface area contributed by atoms with E-state index in [9.17, 15) is 0 Å². The Hall–Kier alpha value is -2.34. The maximum Gasteiger partial charge on any atom is 0.170 e. The molecule has 0 radical (unpaired) electrons. The van der Waals surface area contributed by atoms with Crippen molar-refractivity contribution in [2.24, 2.45) is 10.7 Å². The summed E-state index contributed by atoms with van der Waals surface area (Å²) in [4.78, 5) is 10.6. The monoisotopic (exact) mass is 316 g/mol. The van der Waals surface area contributed by atoms with Crippen molar-refractivity contribution in [3.8, 4) is 0 Å². The van der Waals surface area contributed by atoms with Gasteiger partial charge in [0.15, 0.2) is 11.3 Å². The lowest BCUT2D eigenvalue weighted by atomic mass is 10.2. The predicted octanol–water partition coefficient (Wildman–Crippen LogP) is 1.98. The molecule has 2 aromatic heterocycles. The van der Waals surface area contributed by atoms with E-state index in [2.05, 4.69) is 15.1 Å². The van der Waals surface area contributed by atoms with Gasteiger partial charge in [0, 0.05) is 18.6 Å². The molecule has 3 heterocycles. The van der Waals surface area contributed by atoms with E-state index >= 15 is 0 Å². The molecule has 0 amide bonds. The second kappa shape index (κ2) is 5.81. The number of aryl methyl sites for hydroxylation is 2. The van der Waals surface area contributed by atoms with Crippen molar-refractivity contribution in [3.63, 3.8) is 0 Å². The molecule has 0 aliphatic carbocycles. The summed E-state index contributed by atoms with van der Waals surface area (Å²) < 4.78 is 1.66. The first-order valence-electron chi connectivity index (χ1n) is 6.92. The number of halogens is 1. The van der Waals surface area contributed by atoms with Gasteiger partial charge in [-0.25, -0.2) is 9.67 Å². The predicted molar refractivity (Wildman–Crippen MR) is 86.2 cm³/mol. The molecule has 0 aromatic carbocycles. The second-order valence-corrected chi connectivity index (χ2v) is 5.67. The normalized spacial score (nSPS) is 18.1. The molecule has 0 bridgehead atoms. The Kier molecular flexibility index (Phi) is 3.85. The molecular weight excluding hydrogens is 300 g/mol. The molecule has 0 spiro atoms. The van der Waals surface area contributed by atoms with E-state index in [1.165, 1.54) is 0 Å². The standard InChI is InChI=1S/C15H17ClN6/c1-10-6-19-22(7-10)15-14(16)21(9-13(17)20-15)8-12-11(2)4-3-5-18-12/h3-7,9,14H,8,17H2,1-2H3. The van der Waals surface area contributed by atoms with E-state index < -0.39 is 5.50 Å². The average Bonchev–Trinajstić information content (AvgIpc) is 2.91. The van der Waals surface area contributed by atoms with Gasteiger partial charge < -0.3 is 10.6 Å². The van der Waals surface area contributed by atoms with Gasteiger partial charge in [-0.3, -0.25) is 4.98 Å². The third-order valence-electron chi connectivity index (χ3n) is 3.44. The van der Waals surface area contributed by atoms with Crippen molar-refractivity contribution in [2.45, 2.75) is 25.9 Å². The first kappa shape index (κ1) is 14.6. The Morgan fingerprint density at radius 2 is 2.18 bits per heavy atom. The van der Waals surface area contributed by atoms with E-state index in [0.717, 1.165) is 16.8 Å². The summed E-state index contributed by atoms with van der Waals surface area (Å²) in [7, 11) is 0. The van der Waals surface area contributed by atoms with Crippen molar-refractivity contribution in [1.29, 1.82) is 0 Å². The molecule has 1 atom stereocenters. The van der Waals surface area contributed by atoms with Crippen molar-refractivity contribution in [3.05, 3.63) is 59.6 Å². The lowest BCUT2D eigenvalue weighted by Gasteiger charge is -2.30. The first-order valence-corrected chi connectivity index (χ1v) is 7.36. The van der Waals surface area contributed by atoms with Crippen LogP contribution in [-0.4, -0.2) is 31.0 Å². The van der Waals surface area contributed by atoms with Gasteiger partial charge in [0.05, 0.1) is 18.4 Å². The smallest absolute Gasteiger partial charge is 0.170 e. The fraction of sp³-hybridized carbons (Fsp3) is 0.267. The third kappa shape index (κ3) is 2.82. The molecule has 0 saturated heterocycles. The van der Waals surface area contributed by atoms with E-state index in [1.807, 2.05) is 37.1 Å². The summed E-state index contributed by atoms with van der Waals surface area (Å²) in [6, 6.07) is 3.94. The maximum absolute atomic E-state index is 6.57. The molecule has 7 heteroatoms. The number of alkyl halides is 1. The van der Waals surface area contributed by atoms with E-state index in [0.29, 0.717) is 18.2 Å². The zero-order valence-electron chi connectivity index (χ0n) is 12.4. The van der Waals surface area contributed by atoms with Crippen molar-refractivity contribution >= 4 is 17.4 Å². The SMILES string of the molecule is Cc1cnn(C2=NC(N)=CN(Cc3ncccc3C)C2Cl)c1. The minimum absolute atomic E-state index is 0.397. The Morgan fingerprint density at radius 1 is 1.36 bits per heavy atom. The van der Waals surface area contributed by atoms with Crippen LogP contribution in [0.3, 0.4) is 0 Å². The summed E-state index contributed by atoms with van der Waals surface area (Å²) in [5, 5.41) is 4.26. The molecular formula is C15H17ClN6. The van der Waals surface area contributed by atoms with Gasteiger partial charge in [0.1, 0.15) is 5.82 Å². The molecule has 0 saturated carbocycles. The summed E-state index contributed by atoms with van der Waals surface area (Å²) in [6.45, 7) is 4.54. The Bertz CT molecular complexity index is 748. The Morgan fingerprint density at radius 3 is 2.86 bits per heavy atom. The largest absolute Gasteiger partial charge is 0.382 e. The molecule has 2 aromatic rings. The molecule has 114 valence electrons. The van der Waals surface area contributed by atoms with Gasteiger partial charge in [0.25, 0.3) is 0 Å². The molecule has 1 aliphatic rings. The van der Waals surface area contributed by atoms with Crippen LogP contribution >= 0.6 is 11.6 Å². The van der Waals surface area contributed by atoms with Crippen LogP contribution in [0.4, 0.5) is 0 Å². The van der Waals surface area contributed by atoms with Gasteiger partial charge in [-0.05, 0) is 31.0 Å². The van der Waals surface area contributed by atoms with Crippen LogP contribution in [0.1, 0.15) is 16.8 Å². The number of nitrogens with two attached hydrogens (primary N) is 1. The molecule has 3 rings (SSSR count). The molecule has 22 heavy (non-hydrogen) atoms. The minimum atomic E-state index is -0.465. The minimum Gasteiger partial charge on any atom is -0.382 e. The summed E-state index contributed by atoms with van der Waals surface area (Å²) in [5.41, 5.74) is 8.56. The van der Waals surface area contributed by atoms with Gasteiger partial charge in [0.2, 0.25) is 0 Å². The number of aromatic nitrogens is 3. The second-order valence-electron chi connectivity index (χ2n) is 5.26. The first-order chi connectivity index (χ1) is 10.5. The highest BCUT2D eigenvalue weighted by Crippen LogP contribution is 2.20. The average molecular weight is 317 g/mol. The van der Waals surface area contributed by atoms with Gasteiger partial charge in [-0.2, -0.15) is 5.10 Å². The zero-order valence-corrected chi connectivity index (χ0v) is 13.2. The third-order valence-corrected chi connectivity index (χ3v) is 3.89. The maximum atomic E-state index is 6.57. The highest BCUT2D eigenvalue weighted by atomic mass is 35.5. The van der Waals surface area contributed by atoms with Crippen LogP contribution in [0.25, 0.3) is 0 Å². The van der Waals surface area contributed by atoms with Crippen LogP contribution in [0.2, 0.25) is 0 Å². The number of aliphatic imine (C=N–C) groups is 1. The molecule has 6 nitrogen and oxygen atoms in total. The van der Waals surface area contributed by atoms with Crippen LogP contribution in [0.5, 0.6) is 0 Å². The van der Waals surface area contributed by atoms with Crippen LogP contribution in [-0.2, 0) is 6.54 Å².